The second-order valence-electron chi connectivity index (χ2n) is 3.07. The average molecular weight is 256 g/mol. The minimum Gasteiger partial charge on any atom is -0.469 e. The average Bonchev–Trinajstić information content (AvgIpc) is 2.37. The molecule has 4 N–H and O–H groups in total. The molecule has 0 fully saturated rings. The Morgan fingerprint density at radius 1 is 1.56 bits per heavy atom. The van der Waals surface area contributed by atoms with Gasteiger partial charge in [0.1, 0.15) is 6.33 Å². The van der Waals surface area contributed by atoms with Crippen molar-refractivity contribution in [2.24, 2.45) is 5.84 Å². The maximum atomic E-state index is 10.9. The number of hydrazine groups is 1. The molecule has 0 aliphatic carbocycles. The van der Waals surface area contributed by atoms with Crippen LogP contribution in [0.3, 0.4) is 0 Å². The summed E-state index contributed by atoms with van der Waals surface area (Å²) in [7, 11) is 1.26. The first-order chi connectivity index (χ1) is 8.60. The maximum absolute atomic E-state index is 10.9. The Morgan fingerprint density at radius 2 is 2.22 bits per heavy atom. The molecule has 0 radical (unpaired) electrons. The smallest absolute Gasteiger partial charge is 0.354 e. The van der Waals surface area contributed by atoms with Crippen molar-refractivity contribution in [3.63, 3.8) is 0 Å². The van der Waals surface area contributed by atoms with E-state index in [9.17, 15) is 14.9 Å². The van der Waals surface area contributed by atoms with Crippen molar-refractivity contribution in [1.29, 1.82) is 0 Å². The van der Waals surface area contributed by atoms with Gasteiger partial charge >= 0.3 is 11.7 Å². The van der Waals surface area contributed by atoms with Crippen LogP contribution in [0.25, 0.3) is 0 Å². The van der Waals surface area contributed by atoms with Gasteiger partial charge in [-0.3, -0.25) is 14.9 Å². The molecular weight excluding hydrogens is 244 g/mol. The highest BCUT2D eigenvalue weighted by Crippen LogP contribution is 2.27. The summed E-state index contributed by atoms with van der Waals surface area (Å²) in [6.45, 7) is 0.147. The molecule has 0 unspecified atom stereocenters. The zero-order chi connectivity index (χ0) is 13.5. The van der Waals surface area contributed by atoms with Gasteiger partial charge in [-0.15, -0.1) is 0 Å². The number of esters is 1. The number of nitrogen functional groups attached to an aromatic ring is 1. The normalized spacial score (nSPS) is 9.67. The van der Waals surface area contributed by atoms with E-state index in [1.54, 1.807) is 0 Å². The first-order valence-corrected chi connectivity index (χ1v) is 4.86. The molecule has 1 aromatic rings. The fraction of sp³-hybridized carbons (Fsp3) is 0.375. The number of carbonyl (C=O) groups excluding carboxylic acids is 1. The summed E-state index contributed by atoms with van der Waals surface area (Å²) in [5.74, 6) is 4.54. The predicted molar refractivity (Wildman–Crippen MR) is 61.6 cm³/mol. The van der Waals surface area contributed by atoms with Crippen molar-refractivity contribution in [2.75, 3.05) is 24.4 Å². The van der Waals surface area contributed by atoms with Crippen LogP contribution >= 0.6 is 0 Å². The molecule has 10 nitrogen and oxygen atoms in total. The van der Waals surface area contributed by atoms with Crippen LogP contribution in [0.1, 0.15) is 6.42 Å². The Balaban J connectivity index is 2.82. The van der Waals surface area contributed by atoms with Gasteiger partial charge in [0, 0.05) is 6.54 Å². The third-order valence-electron chi connectivity index (χ3n) is 1.99. The summed E-state index contributed by atoms with van der Waals surface area (Å²) in [5, 5.41) is 13.5. The molecule has 1 aromatic heterocycles. The second-order valence-corrected chi connectivity index (χ2v) is 3.07. The molecule has 18 heavy (non-hydrogen) atoms. The molecule has 0 aromatic carbocycles. The number of rotatable bonds is 6. The number of anilines is 2. The van der Waals surface area contributed by atoms with E-state index >= 15 is 0 Å². The summed E-state index contributed by atoms with van der Waals surface area (Å²) in [5.41, 5.74) is 1.72. The lowest BCUT2D eigenvalue weighted by molar-refractivity contribution is -0.383. The van der Waals surface area contributed by atoms with E-state index in [0.717, 1.165) is 6.33 Å². The van der Waals surface area contributed by atoms with Gasteiger partial charge in [-0.2, -0.15) is 0 Å². The molecule has 0 amide bonds. The number of aromatic nitrogens is 2. The van der Waals surface area contributed by atoms with Gasteiger partial charge in [0.15, 0.2) is 0 Å². The Kier molecular flexibility index (Phi) is 4.75. The lowest BCUT2D eigenvalue weighted by Crippen LogP contribution is -2.15. The Morgan fingerprint density at radius 3 is 2.78 bits per heavy atom. The molecule has 1 rings (SSSR count). The van der Waals surface area contributed by atoms with Crippen molar-refractivity contribution in [2.45, 2.75) is 6.42 Å². The van der Waals surface area contributed by atoms with Gasteiger partial charge in [0.25, 0.3) is 0 Å². The monoisotopic (exact) mass is 256 g/mol. The van der Waals surface area contributed by atoms with E-state index in [2.05, 4.69) is 25.4 Å². The van der Waals surface area contributed by atoms with E-state index < -0.39 is 10.9 Å². The number of nitrogens with zero attached hydrogens (tertiary/aromatic N) is 3. The van der Waals surface area contributed by atoms with Crippen LogP contribution in [0, 0.1) is 10.1 Å². The van der Waals surface area contributed by atoms with Crippen LogP contribution in [0.15, 0.2) is 6.33 Å². The van der Waals surface area contributed by atoms with Gasteiger partial charge < -0.3 is 15.5 Å². The molecule has 0 spiro atoms. The van der Waals surface area contributed by atoms with E-state index in [4.69, 9.17) is 5.84 Å². The molecule has 10 heteroatoms. The minimum absolute atomic E-state index is 0.0214. The predicted octanol–water partition coefficient (Wildman–Crippen LogP) is -0.355. The highest BCUT2D eigenvalue weighted by Gasteiger charge is 2.22. The van der Waals surface area contributed by atoms with Crippen LogP contribution < -0.4 is 16.6 Å². The number of nitrogens with one attached hydrogen (secondary N) is 2. The second kappa shape index (κ2) is 6.30. The number of nitrogens with two attached hydrogens (primary N) is 1. The zero-order valence-corrected chi connectivity index (χ0v) is 9.54. The molecule has 0 bridgehead atoms. The number of carbonyl (C=O) groups is 1. The molecule has 0 aliphatic rings. The van der Waals surface area contributed by atoms with Crippen molar-refractivity contribution >= 4 is 23.3 Å². The summed E-state index contributed by atoms with van der Waals surface area (Å²) in [6.07, 6.45) is 1.17. The molecule has 0 saturated carbocycles. The lowest BCUT2D eigenvalue weighted by atomic mass is 10.4. The van der Waals surface area contributed by atoms with Crippen LogP contribution in [-0.2, 0) is 9.53 Å². The quantitative estimate of drug-likeness (QED) is 0.269. The SMILES string of the molecule is COC(=O)CCNc1ncnc(NN)c1[N+](=O)[O-]. The number of methoxy groups -OCH3 is 1. The van der Waals surface area contributed by atoms with Gasteiger partial charge in [-0.25, -0.2) is 15.8 Å². The Bertz CT molecular complexity index is 451. The van der Waals surface area contributed by atoms with E-state index in [1.807, 2.05) is 0 Å². The maximum Gasteiger partial charge on any atom is 0.354 e. The molecule has 98 valence electrons. The topological polar surface area (TPSA) is 145 Å². The highest BCUT2D eigenvalue weighted by molar-refractivity contribution is 5.71. The largest absolute Gasteiger partial charge is 0.469 e. The number of hydrogen-bond donors (Lipinski definition) is 3. The van der Waals surface area contributed by atoms with Crippen LogP contribution in [0.2, 0.25) is 0 Å². The third kappa shape index (κ3) is 3.25. The highest BCUT2D eigenvalue weighted by atomic mass is 16.6. The summed E-state index contributed by atoms with van der Waals surface area (Å²) >= 11 is 0. The van der Waals surface area contributed by atoms with Crippen molar-refractivity contribution in [3.8, 4) is 0 Å². The first-order valence-electron chi connectivity index (χ1n) is 4.86. The summed E-state index contributed by atoms with van der Waals surface area (Å²) in [6, 6.07) is 0. The van der Waals surface area contributed by atoms with E-state index in [-0.39, 0.29) is 30.3 Å². The summed E-state index contributed by atoms with van der Waals surface area (Å²) < 4.78 is 4.43. The standard InChI is InChI=1S/C8H12N6O4/c1-18-5(15)2-3-10-7-6(14(16)17)8(13-9)12-4-11-7/h4H,2-3,9H2,1H3,(H2,10,11,12,13). The van der Waals surface area contributed by atoms with Crippen LogP contribution in [0.4, 0.5) is 17.3 Å². The zero-order valence-electron chi connectivity index (χ0n) is 9.54. The number of hydrogen-bond acceptors (Lipinski definition) is 9. The third-order valence-corrected chi connectivity index (χ3v) is 1.99. The summed E-state index contributed by atoms with van der Waals surface area (Å²) in [4.78, 5) is 28.4. The first kappa shape index (κ1) is 13.6. The molecule has 0 aliphatic heterocycles. The van der Waals surface area contributed by atoms with Gasteiger partial charge in [0.2, 0.25) is 11.6 Å². The fourth-order valence-corrected chi connectivity index (χ4v) is 1.17. The van der Waals surface area contributed by atoms with Crippen LogP contribution in [0.5, 0.6) is 0 Å². The molecule has 0 atom stereocenters. The number of ether oxygens (including phenoxy) is 1. The number of nitro groups is 1. The molecular formula is C8H12N6O4. The Labute approximate surface area is 102 Å². The van der Waals surface area contributed by atoms with E-state index in [1.165, 1.54) is 7.11 Å². The van der Waals surface area contributed by atoms with Crippen molar-refractivity contribution < 1.29 is 14.5 Å². The Hall–Kier alpha value is -2.49. The van der Waals surface area contributed by atoms with Crippen molar-refractivity contribution in [3.05, 3.63) is 16.4 Å². The van der Waals surface area contributed by atoms with Gasteiger partial charge in [-0.05, 0) is 0 Å². The van der Waals surface area contributed by atoms with Gasteiger partial charge in [-0.1, -0.05) is 0 Å². The van der Waals surface area contributed by atoms with Crippen LogP contribution in [-0.4, -0.2) is 34.5 Å². The van der Waals surface area contributed by atoms with Gasteiger partial charge in [0.05, 0.1) is 18.5 Å². The van der Waals surface area contributed by atoms with Crippen molar-refractivity contribution in [1.82, 2.24) is 9.97 Å². The molecule has 1 heterocycles. The minimum atomic E-state index is -0.671. The van der Waals surface area contributed by atoms with E-state index in [0.29, 0.717) is 0 Å². The molecule has 0 saturated heterocycles. The lowest BCUT2D eigenvalue weighted by Gasteiger charge is -2.07. The fourth-order valence-electron chi connectivity index (χ4n) is 1.17.